The highest BCUT2D eigenvalue weighted by atomic mass is 19.1. The Balaban J connectivity index is 2.14. The Hall–Kier alpha value is -2.03. The Morgan fingerprint density at radius 2 is 1.88 bits per heavy atom. The van der Waals surface area contributed by atoms with Crippen molar-refractivity contribution in [3.63, 3.8) is 0 Å². The van der Waals surface area contributed by atoms with Crippen LogP contribution in [0.3, 0.4) is 0 Å². The first-order valence-corrected chi connectivity index (χ1v) is 5.41. The van der Waals surface area contributed by atoms with Crippen LogP contribution in [0, 0.1) is 18.2 Å². The molecule has 0 aliphatic heterocycles. The monoisotopic (exact) mass is 228 g/mol. The first-order chi connectivity index (χ1) is 8.15. The van der Waals surface area contributed by atoms with Crippen LogP contribution in [-0.2, 0) is 6.42 Å². The van der Waals surface area contributed by atoms with Gasteiger partial charge < -0.3 is 5.41 Å². The Morgan fingerprint density at radius 1 is 1.18 bits per heavy atom. The number of hydrogen-bond donors (Lipinski definition) is 1. The Labute approximate surface area is 99.7 Å². The third-order valence-electron chi connectivity index (χ3n) is 2.49. The van der Waals surface area contributed by atoms with E-state index in [0.717, 1.165) is 11.3 Å². The number of benzene rings is 1. The van der Waals surface area contributed by atoms with E-state index in [1.165, 1.54) is 12.1 Å². The van der Waals surface area contributed by atoms with Crippen molar-refractivity contribution in [2.24, 2.45) is 0 Å². The van der Waals surface area contributed by atoms with Gasteiger partial charge in [0.1, 0.15) is 5.82 Å². The molecule has 3 heteroatoms. The van der Waals surface area contributed by atoms with Crippen molar-refractivity contribution in [3.05, 3.63) is 65.2 Å². The van der Waals surface area contributed by atoms with Crippen molar-refractivity contribution < 1.29 is 4.39 Å². The maximum atomic E-state index is 12.7. The van der Waals surface area contributed by atoms with E-state index in [4.69, 9.17) is 5.41 Å². The second-order valence-corrected chi connectivity index (χ2v) is 3.95. The highest BCUT2D eigenvalue weighted by Crippen LogP contribution is 2.07. The lowest BCUT2D eigenvalue weighted by atomic mass is 10.1. The number of hydrogen-bond acceptors (Lipinski definition) is 2. The SMILES string of the molecule is Cc1cccc(C(=N)Cc2ccc(F)cc2)n1. The molecule has 2 rings (SSSR count). The van der Waals surface area contributed by atoms with Gasteiger partial charge in [-0.15, -0.1) is 0 Å². The zero-order chi connectivity index (χ0) is 12.3. The van der Waals surface area contributed by atoms with E-state index in [2.05, 4.69) is 4.98 Å². The number of halogens is 1. The molecular formula is C14H13FN2. The summed E-state index contributed by atoms with van der Waals surface area (Å²) in [6, 6.07) is 11.8. The number of aryl methyl sites for hydroxylation is 1. The Morgan fingerprint density at radius 3 is 2.53 bits per heavy atom. The zero-order valence-corrected chi connectivity index (χ0v) is 9.57. The van der Waals surface area contributed by atoms with Crippen LogP contribution >= 0.6 is 0 Å². The minimum absolute atomic E-state index is 0.256. The average molecular weight is 228 g/mol. The highest BCUT2D eigenvalue weighted by Gasteiger charge is 2.04. The smallest absolute Gasteiger partial charge is 0.123 e. The summed E-state index contributed by atoms with van der Waals surface area (Å²) in [5.41, 5.74) is 2.93. The normalized spacial score (nSPS) is 10.2. The summed E-state index contributed by atoms with van der Waals surface area (Å²) in [6.45, 7) is 1.90. The van der Waals surface area contributed by atoms with E-state index < -0.39 is 0 Å². The molecule has 0 aliphatic carbocycles. The molecule has 1 heterocycles. The summed E-state index contributed by atoms with van der Waals surface area (Å²) in [6.07, 6.45) is 0.469. The van der Waals surface area contributed by atoms with Gasteiger partial charge in [-0.05, 0) is 36.8 Å². The van der Waals surface area contributed by atoms with Crippen LogP contribution in [0.4, 0.5) is 4.39 Å². The predicted molar refractivity (Wildman–Crippen MR) is 65.9 cm³/mol. The lowest BCUT2D eigenvalue weighted by Gasteiger charge is -2.04. The van der Waals surface area contributed by atoms with Gasteiger partial charge in [0.25, 0.3) is 0 Å². The topological polar surface area (TPSA) is 36.7 Å². The molecule has 0 aliphatic rings. The van der Waals surface area contributed by atoms with Crippen LogP contribution in [0.15, 0.2) is 42.5 Å². The molecule has 17 heavy (non-hydrogen) atoms. The van der Waals surface area contributed by atoms with Gasteiger partial charge >= 0.3 is 0 Å². The molecule has 0 saturated heterocycles. The maximum absolute atomic E-state index is 12.7. The number of rotatable bonds is 3. The fraction of sp³-hybridized carbons (Fsp3) is 0.143. The lowest BCUT2D eigenvalue weighted by Crippen LogP contribution is -2.06. The molecule has 1 aromatic heterocycles. The van der Waals surface area contributed by atoms with Crippen LogP contribution < -0.4 is 0 Å². The van der Waals surface area contributed by atoms with Crippen molar-refractivity contribution in [2.45, 2.75) is 13.3 Å². The van der Waals surface area contributed by atoms with Gasteiger partial charge in [0, 0.05) is 12.1 Å². The van der Waals surface area contributed by atoms with E-state index in [1.54, 1.807) is 12.1 Å². The molecule has 0 amide bonds. The van der Waals surface area contributed by atoms with E-state index in [-0.39, 0.29) is 5.82 Å². The summed E-state index contributed by atoms with van der Waals surface area (Å²) in [4.78, 5) is 4.29. The molecule has 1 N–H and O–H groups in total. The second kappa shape index (κ2) is 4.87. The van der Waals surface area contributed by atoms with Crippen LogP contribution in [0.25, 0.3) is 0 Å². The minimum Gasteiger partial charge on any atom is -0.303 e. The third-order valence-corrected chi connectivity index (χ3v) is 2.49. The quantitative estimate of drug-likeness (QED) is 0.805. The Bertz CT molecular complexity index is 532. The van der Waals surface area contributed by atoms with Crippen molar-refractivity contribution >= 4 is 5.71 Å². The van der Waals surface area contributed by atoms with Crippen molar-refractivity contribution in [3.8, 4) is 0 Å². The number of pyridine rings is 1. The number of nitrogens with zero attached hydrogens (tertiary/aromatic N) is 1. The van der Waals surface area contributed by atoms with Gasteiger partial charge in [-0.25, -0.2) is 4.39 Å². The molecule has 0 unspecified atom stereocenters. The number of aromatic nitrogens is 1. The Kier molecular flexibility index (Phi) is 3.28. The fourth-order valence-corrected chi connectivity index (χ4v) is 1.61. The standard InChI is InChI=1S/C14H13FN2/c1-10-3-2-4-14(17-10)13(16)9-11-5-7-12(15)8-6-11/h2-8,16H,9H2,1H3. The summed E-state index contributed by atoms with van der Waals surface area (Å²) in [5, 5.41) is 7.96. The summed E-state index contributed by atoms with van der Waals surface area (Å²) >= 11 is 0. The predicted octanol–water partition coefficient (Wildman–Crippen LogP) is 3.14. The van der Waals surface area contributed by atoms with Crippen LogP contribution in [0.2, 0.25) is 0 Å². The van der Waals surface area contributed by atoms with Gasteiger partial charge in [0.2, 0.25) is 0 Å². The molecule has 1 aromatic carbocycles. The van der Waals surface area contributed by atoms with Gasteiger partial charge in [-0.3, -0.25) is 4.98 Å². The fourth-order valence-electron chi connectivity index (χ4n) is 1.61. The second-order valence-electron chi connectivity index (χ2n) is 3.95. The molecule has 2 nitrogen and oxygen atoms in total. The van der Waals surface area contributed by atoms with Gasteiger partial charge in [0.05, 0.1) is 11.4 Å². The largest absolute Gasteiger partial charge is 0.303 e. The molecule has 0 saturated carbocycles. The van der Waals surface area contributed by atoms with Gasteiger partial charge in [-0.2, -0.15) is 0 Å². The van der Waals surface area contributed by atoms with Crippen molar-refractivity contribution in [2.75, 3.05) is 0 Å². The van der Waals surface area contributed by atoms with E-state index in [9.17, 15) is 4.39 Å². The van der Waals surface area contributed by atoms with E-state index in [1.807, 2.05) is 25.1 Å². The first-order valence-electron chi connectivity index (χ1n) is 5.41. The molecule has 0 bridgehead atoms. The summed E-state index contributed by atoms with van der Waals surface area (Å²) < 4.78 is 12.7. The summed E-state index contributed by atoms with van der Waals surface area (Å²) in [7, 11) is 0. The van der Waals surface area contributed by atoms with Crippen LogP contribution in [-0.4, -0.2) is 10.7 Å². The third kappa shape index (κ3) is 2.97. The number of nitrogens with one attached hydrogen (secondary N) is 1. The van der Waals surface area contributed by atoms with Crippen molar-refractivity contribution in [1.29, 1.82) is 5.41 Å². The molecule has 0 radical (unpaired) electrons. The average Bonchev–Trinajstić information content (AvgIpc) is 2.32. The molecule has 0 spiro atoms. The van der Waals surface area contributed by atoms with Gasteiger partial charge in [0.15, 0.2) is 0 Å². The van der Waals surface area contributed by atoms with E-state index in [0.29, 0.717) is 17.8 Å². The molecule has 0 atom stereocenters. The van der Waals surface area contributed by atoms with Crippen molar-refractivity contribution in [1.82, 2.24) is 4.98 Å². The van der Waals surface area contributed by atoms with Crippen LogP contribution in [0.5, 0.6) is 0 Å². The highest BCUT2D eigenvalue weighted by molar-refractivity contribution is 5.97. The molecule has 2 aromatic rings. The lowest BCUT2D eigenvalue weighted by molar-refractivity contribution is 0.627. The van der Waals surface area contributed by atoms with Crippen LogP contribution in [0.1, 0.15) is 17.0 Å². The molecule has 86 valence electrons. The summed E-state index contributed by atoms with van der Waals surface area (Å²) in [5.74, 6) is -0.256. The van der Waals surface area contributed by atoms with E-state index >= 15 is 0 Å². The minimum atomic E-state index is -0.256. The molecule has 0 fully saturated rings. The maximum Gasteiger partial charge on any atom is 0.123 e. The molecular weight excluding hydrogens is 215 g/mol. The first kappa shape index (κ1) is 11.5. The van der Waals surface area contributed by atoms with Gasteiger partial charge in [-0.1, -0.05) is 18.2 Å². The zero-order valence-electron chi connectivity index (χ0n) is 9.57.